The van der Waals surface area contributed by atoms with Gasteiger partial charge in [-0.1, -0.05) is 26.0 Å². The lowest BCUT2D eigenvalue weighted by Gasteiger charge is -2.37. The van der Waals surface area contributed by atoms with Gasteiger partial charge in [-0.3, -0.25) is 19.4 Å². The van der Waals surface area contributed by atoms with Crippen molar-refractivity contribution in [2.24, 2.45) is 0 Å². The van der Waals surface area contributed by atoms with E-state index in [2.05, 4.69) is 27.0 Å². The summed E-state index contributed by atoms with van der Waals surface area (Å²) in [5, 5.41) is 5.64. The van der Waals surface area contributed by atoms with Crippen molar-refractivity contribution in [1.29, 1.82) is 0 Å². The van der Waals surface area contributed by atoms with E-state index >= 15 is 0 Å². The van der Waals surface area contributed by atoms with E-state index in [9.17, 15) is 18.0 Å². The Morgan fingerprint density at radius 1 is 1.18 bits per heavy atom. The Morgan fingerprint density at radius 3 is 2.39 bits per heavy atom. The number of carbonyl (C=O) groups excluding carboxylic acids is 2. The highest BCUT2D eigenvalue weighted by molar-refractivity contribution is 7.89. The summed E-state index contributed by atoms with van der Waals surface area (Å²) in [4.78, 5) is 29.1. The molecule has 184 valence electrons. The van der Waals surface area contributed by atoms with Crippen molar-refractivity contribution in [3.8, 4) is 0 Å². The minimum atomic E-state index is -3.63. The molecule has 1 heterocycles. The summed E-state index contributed by atoms with van der Waals surface area (Å²) in [7, 11) is -3.63. The first-order chi connectivity index (χ1) is 15.6. The summed E-state index contributed by atoms with van der Waals surface area (Å²) >= 11 is 0. The van der Waals surface area contributed by atoms with Crippen LogP contribution in [0.25, 0.3) is 0 Å². The quantitative estimate of drug-likeness (QED) is 0.464. The molecule has 1 aliphatic heterocycles. The lowest BCUT2D eigenvalue weighted by Crippen LogP contribution is -2.54. The predicted molar refractivity (Wildman–Crippen MR) is 131 cm³/mol. The fourth-order valence-electron chi connectivity index (χ4n) is 3.82. The number of rotatable bonds is 11. The Bertz CT molecular complexity index is 938. The van der Waals surface area contributed by atoms with Crippen LogP contribution in [0.1, 0.15) is 26.3 Å². The van der Waals surface area contributed by atoms with E-state index in [-0.39, 0.29) is 22.8 Å². The highest BCUT2D eigenvalue weighted by atomic mass is 32.2. The lowest BCUT2D eigenvalue weighted by atomic mass is 10.2. The van der Waals surface area contributed by atoms with Gasteiger partial charge in [-0.15, -0.1) is 6.58 Å². The highest BCUT2D eigenvalue weighted by Crippen LogP contribution is 2.24. The second-order valence-electron chi connectivity index (χ2n) is 8.14. The van der Waals surface area contributed by atoms with Gasteiger partial charge in [-0.2, -0.15) is 4.31 Å². The third-order valence-corrected chi connectivity index (χ3v) is 8.12. The molecule has 9 nitrogen and oxygen atoms in total. The SMILES string of the molecule is C=CCNC(=O)CN1CCN([C@H](C)C(=O)Nc2ccc(C)c(S(=O)(=O)N(CC)CC)c2)CC1. The number of nitrogens with zero attached hydrogens (tertiary/aromatic N) is 3. The smallest absolute Gasteiger partial charge is 0.243 e. The molecule has 1 fully saturated rings. The minimum Gasteiger partial charge on any atom is -0.352 e. The van der Waals surface area contributed by atoms with Gasteiger partial charge in [-0.05, 0) is 31.5 Å². The highest BCUT2D eigenvalue weighted by Gasteiger charge is 2.27. The fraction of sp³-hybridized carbons (Fsp3) is 0.565. The molecule has 2 N–H and O–H groups in total. The topological polar surface area (TPSA) is 102 Å². The van der Waals surface area contributed by atoms with Crippen LogP contribution in [0.4, 0.5) is 5.69 Å². The van der Waals surface area contributed by atoms with Gasteiger partial charge in [0.2, 0.25) is 21.8 Å². The maximum atomic E-state index is 13.0. The molecule has 1 aliphatic rings. The molecule has 10 heteroatoms. The lowest BCUT2D eigenvalue weighted by molar-refractivity contribution is -0.124. The number of hydrogen-bond donors (Lipinski definition) is 2. The molecule has 2 amide bonds. The number of amides is 2. The molecule has 0 aromatic heterocycles. The van der Waals surface area contributed by atoms with E-state index in [0.29, 0.717) is 63.6 Å². The van der Waals surface area contributed by atoms with Crippen LogP contribution in [-0.2, 0) is 19.6 Å². The van der Waals surface area contributed by atoms with Crippen LogP contribution in [-0.4, -0.2) is 92.7 Å². The summed E-state index contributed by atoms with van der Waals surface area (Å²) in [5.74, 6) is -0.230. The normalized spacial score (nSPS) is 16.4. The average Bonchev–Trinajstić information content (AvgIpc) is 2.79. The molecule has 0 spiro atoms. The first kappa shape index (κ1) is 27.0. The Balaban J connectivity index is 1.99. The molecule has 0 bridgehead atoms. The van der Waals surface area contributed by atoms with E-state index in [1.54, 1.807) is 39.0 Å². The van der Waals surface area contributed by atoms with E-state index in [4.69, 9.17) is 0 Å². The zero-order valence-electron chi connectivity index (χ0n) is 20.1. The van der Waals surface area contributed by atoms with Crippen LogP contribution in [0.2, 0.25) is 0 Å². The van der Waals surface area contributed by atoms with E-state index in [1.165, 1.54) is 10.4 Å². The van der Waals surface area contributed by atoms with E-state index < -0.39 is 10.0 Å². The molecule has 1 aromatic carbocycles. The van der Waals surface area contributed by atoms with Crippen molar-refractivity contribution in [3.63, 3.8) is 0 Å². The van der Waals surface area contributed by atoms with Gasteiger partial charge in [0.1, 0.15) is 0 Å². The van der Waals surface area contributed by atoms with Crippen molar-refractivity contribution < 1.29 is 18.0 Å². The van der Waals surface area contributed by atoms with Crippen LogP contribution < -0.4 is 10.6 Å². The number of hydrogen-bond acceptors (Lipinski definition) is 6. The summed E-state index contributed by atoms with van der Waals surface area (Å²) < 4.78 is 27.3. The first-order valence-electron chi connectivity index (χ1n) is 11.4. The summed E-state index contributed by atoms with van der Waals surface area (Å²) in [5.41, 5.74) is 1.10. The van der Waals surface area contributed by atoms with Gasteiger partial charge in [0.15, 0.2) is 0 Å². The number of aryl methyl sites for hydroxylation is 1. The molecule has 1 atom stereocenters. The maximum Gasteiger partial charge on any atom is 0.243 e. The van der Waals surface area contributed by atoms with Gasteiger partial charge in [-0.25, -0.2) is 8.42 Å². The third kappa shape index (κ3) is 7.10. The fourth-order valence-corrected chi connectivity index (χ4v) is 5.53. The Morgan fingerprint density at radius 2 is 1.82 bits per heavy atom. The Hall–Kier alpha value is -2.27. The van der Waals surface area contributed by atoms with Crippen LogP contribution in [0.15, 0.2) is 35.7 Å². The molecule has 33 heavy (non-hydrogen) atoms. The zero-order valence-corrected chi connectivity index (χ0v) is 21.0. The molecule has 2 rings (SSSR count). The second-order valence-corrected chi connectivity index (χ2v) is 10.0. The van der Waals surface area contributed by atoms with Gasteiger partial charge >= 0.3 is 0 Å². The van der Waals surface area contributed by atoms with Crippen LogP contribution in [0, 0.1) is 6.92 Å². The number of piperazine rings is 1. The van der Waals surface area contributed by atoms with Crippen LogP contribution >= 0.6 is 0 Å². The molecule has 0 radical (unpaired) electrons. The molecular formula is C23H37N5O4S. The number of nitrogens with one attached hydrogen (secondary N) is 2. The van der Waals surface area contributed by atoms with Crippen molar-refractivity contribution in [2.45, 2.75) is 38.6 Å². The maximum absolute atomic E-state index is 13.0. The molecule has 1 aromatic rings. The number of benzene rings is 1. The van der Waals surface area contributed by atoms with Gasteiger partial charge < -0.3 is 10.6 Å². The molecule has 0 aliphatic carbocycles. The van der Waals surface area contributed by atoms with E-state index in [1.807, 2.05) is 6.92 Å². The minimum absolute atomic E-state index is 0.0380. The first-order valence-corrected chi connectivity index (χ1v) is 12.8. The van der Waals surface area contributed by atoms with Crippen molar-refractivity contribution in [1.82, 2.24) is 19.4 Å². The van der Waals surface area contributed by atoms with Crippen molar-refractivity contribution >= 4 is 27.5 Å². The van der Waals surface area contributed by atoms with E-state index in [0.717, 1.165) is 0 Å². The van der Waals surface area contributed by atoms with Crippen LogP contribution in [0.3, 0.4) is 0 Å². The molecule has 0 saturated carbocycles. The summed E-state index contributed by atoms with van der Waals surface area (Å²) in [6.45, 7) is 15.0. The second kappa shape index (κ2) is 12.3. The van der Waals surface area contributed by atoms with Crippen LogP contribution in [0.5, 0.6) is 0 Å². The van der Waals surface area contributed by atoms with Crippen molar-refractivity contribution in [3.05, 3.63) is 36.4 Å². The Labute approximate surface area is 197 Å². The number of anilines is 1. The number of sulfonamides is 1. The Kier molecular flexibility index (Phi) is 10.0. The molecule has 1 saturated heterocycles. The molecule has 0 unspecified atom stereocenters. The standard InChI is InChI=1S/C23H37N5O4S/c1-6-11-24-22(29)17-26-12-14-27(15-13-26)19(5)23(30)25-20-10-9-18(4)21(16-20)33(31,32)28(7-2)8-3/h6,9-10,16,19H,1,7-8,11-15,17H2,2-5H3,(H,24,29)(H,25,30)/t19-/m1/s1. The monoisotopic (exact) mass is 479 g/mol. The largest absolute Gasteiger partial charge is 0.352 e. The van der Waals surface area contributed by atoms with Gasteiger partial charge in [0.05, 0.1) is 17.5 Å². The van der Waals surface area contributed by atoms with Gasteiger partial charge in [0.25, 0.3) is 0 Å². The average molecular weight is 480 g/mol. The number of carbonyl (C=O) groups is 2. The zero-order chi connectivity index (χ0) is 24.6. The third-order valence-electron chi connectivity index (χ3n) is 5.92. The van der Waals surface area contributed by atoms with Crippen molar-refractivity contribution in [2.75, 3.05) is 57.7 Å². The predicted octanol–water partition coefficient (Wildman–Crippen LogP) is 1.27. The summed E-state index contributed by atoms with van der Waals surface area (Å²) in [6.07, 6.45) is 1.65. The summed E-state index contributed by atoms with van der Waals surface area (Å²) in [6, 6.07) is 4.59. The van der Waals surface area contributed by atoms with Gasteiger partial charge in [0, 0.05) is 51.5 Å². The molecular weight excluding hydrogens is 442 g/mol.